The van der Waals surface area contributed by atoms with E-state index in [2.05, 4.69) is 0 Å². The van der Waals surface area contributed by atoms with Gasteiger partial charge in [-0.05, 0) is 18.2 Å². The first-order chi connectivity index (χ1) is 9.38. The van der Waals surface area contributed by atoms with Crippen molar-refractivity contribution < 1.29 is 27.4 Å². The molecule has 0 saturated carbocycles. The lowest BCUT2D eigenvalue weighted by molar-refractivity contribution is -0.137. The fourth-order valence-electron chi connectivity index (χ4n) is 1.92. The van der Waals surface area contributed by atoms with Crippen LogP contribution >= 0.6 is 0 Å². The summed E-state index contributed by atoms with van der Waals surface area (Å²) in [7, 11) is 0. The highest BCUT2D eigenvalue weighted by Gasteiger charge is 2.32. The fraction of sp³-hybridized carbons (Fsp3) is 0.462. The molecule has 0 aromatic heterocycles. The summed E-state index contributed by atoms with van der Waals surface area (Å²) >= 11 is 0. The average Bonchev–Trinajstić information content (AvgIpc) is 2.39. The lowest BCUT2D eigenvalue weighted by Gasteiger charge is -2.22. The molecule has 20 heavy (non-hydrogen) atoms. The molecule has 1 aliphatic heterocycles. The van der Waals surface area contributed by atoms with Crippen LogP contribution in [0.4, 0.5) is 18.9 Å². The lowest BCUT2D eigenvalue weighted by atomic mass is 10.1. The maximum atomic E-state index is 12.6. The number of alkyl halides is 3. The number of esters is 1. The summed E-state index contributed by atoms with van der Waals surface area (Å²) in [6.07, 6.45) is -3.80. The molecule has 0 radical (unpaired) electrons. The Hall–Kier alpha value is -1.76. The molecule has 0 aliphatic carbocycles. The zero-order valence-electron chi connectivity index (χ0n) is 10.6. The van der Waals surface area contributed by atoms with Crippen molar-refractivity contribution in [1.29, 1.82) is 0 Å². The number of ether oxygens (including phenoxy) is 2. The van der Waals surface area contributed by atoms with E-state index in [1.807, 2.05) is 0 Å². The highest BCUT2D eigenvalue weighted by Crippen LogP contribution is 2.31. The molecule has 0 atom stereocenters. The van der Waals surface area contributed by atoms with Gasteiger partial charge >= 0.3 is 12.1 Å². The van der Waals surface area contributed by atoms with Crippen molar-refractivity contribution in [3.8, 4) is 0 Å². The van der Waals surface area contributed by atoms with Gasteiger partial charge in [-0.25, -0.2) is 4.79 Å². The number of halogens is 3. The van der Waals surface area contributed by atoms with E-state index in [-0.39, 0.29) is 17.4 Å². The van der Waals surface area contributed by atoms with E-state index in [0.29, 0.717) is 26.1 Å². The summed E-state index contributed by atoms with van der Waals surface area (Å²) in [5.74, 6) is -0.833. The molecule has 0 unspecified atom stereocenters. The summed E-state index contributed by atoms with van der Waals surface area (Å²) in [6.45, 7) is 0.937. The molecule has 0 bridgehead atoms. The number of nitrogen functional groups attached to an aromatic ring is 1. The van der Waals surface area contributed by atoms with Gasteiger partial charge in [0, 0.05) is 18.5 Å². The fourth-order valence-corrected chi connectivity index (χ4v) is 1.92. The van der Waals surface area contributed by atoms with Gasteiger partial charge in [0.1, 0.15) is 6.10 Å². The first-order valence-corrected chi connectivity index (χ1v) is 6.13. The molecule has 110 valence electrons. The van der Waals surface area contributed by atoms with Crippen molar-refractivity contribution >= 4 is 11.7 Å². The van der Waals surface area contributed by atoms with E-state index >= 15 is 0 Å². The Balaban J connectivity index is 2.16. The number of carbonyl (C=O) groups excluding carboxylic acids is 1. The molecule has 7 heteroatoms. The third-order valence-corrected chi connectivity index (χ3v) is 3.04. The molecule has 1 aromatic rings. The summed E-state index contributed by atoms with van der Waals surface area (Å²) in [5.41, 5.74) is 4.33. The first kappa shape index (κ1) is 14.6. The van der Waals surface area contributed by atoms with E-state index in [9.17, 15) is 18.0 Å². The minimum atomic E-state index is -4.53. The standard InChI is InChI=1S/C13H14F3NO3/c14-13(15,16)8-1-2-11(17)10(7-8)12(18)20-9-3-5-19-6-4-9/h1-2,7,9H,3-6,17H2. The highest BCUT2D eigenvalue weighted by atomic mass is 19.4. The minimum Gasteiger partial charge on any atom is -0.459 e. The quantitative estimate of drug-likeness (QED) is 0.671. The van der Waals surface area contributed by atoms with E-state index in [1.54, 1.807) is 0 Å². The van der Waals surface area contributed by atoms with Gasteiger partial charge < -0.3 is 15.2 Å². The molecule has 1 aliphatic rings. The zero-order chi connectivity index (χ0) is 14.8. The smallest absolute Gasteiger partial charge is 0.416 e. The molecule has 1 aromatic carbocycles. The third kappa shape index (κ3) is 3.41. The number of benzene rings is 1. The van der Waals surface area contributed by atoms with Crippen LogP contribution in [0.2, 0.25) is 0 Å². The van der Waals surface area contributed by atoms with Gasteiger partial charge in [0.15, 0.2) is 0 Å². The van der Waals surface area contributed by atoms with Crippen LogP contribution in [-0.4, -0.2) is 25.3 Å². The second-order valence-electron chi connectivity index (χ2n) is 4.52. The third-order valence-electron chi connectivity index (χ3n) is 3.04. The van der Waals surface area contributed by atoms with E-state index < -0.39 is 17.7 Å². The van der Waals surface area contributed by atoms with Crippen molar-refractivity contribution in [2.75, 3.05) is 18.9 Å². The molecule has 1 heterocycles. The van der Waals surface area contributed by atoms with Gasteiger partial charge in [-0.2, -0.15) is 13.2 Å². The monoisotopic (exact) mass is 289 g/mol. The van der Waals surface area contributed by atoms with E-state index in [1.165, 1.54) is 0 Å². The maximum absolute atomic E-state index is 12.6. The van der Waals surface area contributed by atoms with Gasteiger partial charge in [-0.3, -0.25) is 0 Å². The van der Waals surface area contributed by atoms with Crippen LogP contribution in [0.25, 0.3) is 0 Å². The number of rotatable bonds is 2. The minimum absolute atomic E-state index is 0.0324. The van der Waals surface area contributed by atoms with Crippen molar-refractivity contribution in [2.24, 2.45) is 0 Å². The summed E-state index contributed by atoms with van der Waals surface area (Å²) in [4.78, 5) is 11.9. The van der Waals surface area contributed by atoms with Crippen molar-refractivity contribution in [2.45, 2.75) is 25.1 Å². The summed E-state index contributed by atoms with van der Waals surface area (Å²) in [5, 5.41) is 0. The summed E-state index contributed by atoms with van der Waals surface area (Å²) < 4.78 is 48.1. The number of nitrogens with two attached hydrogens (primary N) is 1. The zero-order valence-corrected chi connectivity index (χ0v) is 10.6. The predicted octanol–water partition coefficient (Wildman–Crippen LogP) is 2.62. The topological polar surface area (TPSA) is 61.6 Å². The molecule has 4 nitrogen and oxygen atoms in total. The van der Waals surface area contributed by atoms with Gasteiger partial charge in [0.2, 0.25) is 0 Å². The molecule has 1 fully saturated rings. The van der Waals surface area contributed by atoms with Crippen LogP contribution < -0.4 is 5.73 Å². The molecule has 2 rings (SSSR count). The normalized spacial score (nSPS) is 16.9. The van der Waals surface area contributed by atoms with Crippen LogP contribution in [0.15, 0.2) is 18.2 Å². The predicted molar refractivity (Wildman–Crippen MR) is 65.1 cm³/mol. The van der Waals surface area contributed by atoms with E-state index in [4.69, 9.17) is 15.2 Å². The Morgan fingerprint density at radius 3 is 2.55 bits per heavy atom. The van der Waals surface area contributed by atoms with Gasteiger partial charge in [-0.15, -0.1) is 0 Å². The van der Waals surface area contributed by atoms with Gasteiger partial charge in [-0.1, -0.05) is 0 Å². The Labute approximate surface area is 113 Å². The van der Waals surface area contributed by atoms with Gasteiger partial charge in [0.05, 0.1) is 24.3 Å². The Morgan fingerprint density at radius 2 is 1.95 bits per heavy atom. The van der Waals surface area contributed by atoms with Gasteiger partial charge in [0.25, 0.3) is 0 Å². The van der Waals surface area contributed by atoms with Crippen molar-refractivity contribution in [3.05, 3.63) is 29.3 Å². The number of anilines is 1. The van der Waals surface area contributed by atoms with E-state index in [0.717, 1.165) is 18.2 Å². The highest BCUT2D eigenvalue weighted by molar-refractivity contribution is 5.95. The molecule has 1 saturated heterocycles. The van der Waals surface area contributed by atoms with Crippen LogP contribution in [-0.2, 0) is 15.7 Å². The van der Waals surface area contributed by atoms with Crippen LogP contribution in [0.5, 0.6) is 0 Å². The van der Waals surface area contributed by atoms with Crippen molar-refractivity contribution in [3.63, 3.8) is 0 Å². The SMILES string of the molecule is Nc1ccc(C(F)(F)F)cc1C(=O)OC1CCOCC1. The second-order valence-corrected chi connectivity index (χ2v) is 4.52. The van der Waals surface area contributed by atoms with Crippen molar-refractivity contribution in [1.82, 2.24) is 0 Å². The molecule has 2 N–H and O–H groups in total. The molecule has 0 amide bonds. The largest absolute Gasteiger partial charge is 0.459 e. The lowest BCUT2D eigenvalue weighted by Crippen LogP contribution is -2.26. The number of hydrogen-bond acceptors (Lipinski definition) is 4. The maximum Gasteiger partial charge on any atom is 0.416 e. The summed E-state index contributed by atoms with van der Waals surface area (Å²) in [6, 6.07) is 2.61. The Kier molecular flexibility index (Phi) is 4.17. The number of carbonyl (C=O) groups is 1. The average molecular weight is 289 g/mol. The Bertz CT molecular complexity index is 496. The second kappa shape index (κ2) is 5.70. The first-order valence-electron chi connectivity index (χ1n) is 6.13. The molecule has 0 spiro atoms. The van der Waals surface area contributed by atoms with Crippen LogP contribution in [0, 0.1) is 0 Å². The Morgan fingerprint density at radius 1 is 1.30 bits per heavy atom. The molecular weight excluding hydrogens is 275 g/mol. The molecular formula is C13H14F3NO3. The van der Waals surface area contributed by atoms with Crippen LogP contribution in [0.1, 0.15) is 28.8 Å². The number of hydrogen-bond donors (Lipinski definition) is 1. The van der Waals surface area contributed by atoms with Crippen LogP contribution in [0.3, 0.4) is 0 Å².